The van der Waals surface area contributed by atoms with Gasteiger partial charge in [-0.15, -0.1) is 0 Å². The Morgan fingerprint density at radius 2 is 1.71 bits per heavy atom. The van der Waals surface area contributed by atoms with Gasteiger partial charge in [-0.05, 0) is 96.5 Å². The van der Waals surface area contributed by atoms with Crippen LogP contribution in [0.4, 0.5) is 15.8 Å². The van der Waals surface area contributed by atoms with E-state index in [4.69, 9.17) is 0 Å². The smallest absolute Gasteiger partial charge is 0.255 e. The molecule has 1 amide bonds. The minimum atomic E-state index is -0.312. The molecule has 3 aliphatic rings. The third-order valence-corrected chi connectivity index (χ3v) is 7.61. The largest absolute Gasteiger partial charge is 0.378 e. The van der Waals surface area contributed by atoms with E-state index < -0.39 is 0 Å². The van der Waals surface area contributed by atoms with Gasteiger partial charge in [0.1, 0.15) is 5.82 Å². The van der Waals surface area contributed by atoms with Crippen LogP contribution in [0.15, 0.2) is 72.8 Å². The first-order chi connectivity index (χ1) is 15.2. The zero-order chi connectivity index (χ0) is 20.9. The van der Waals surface area contributed by atoms with Crippen molar-refractivity contribution in [3.63, 3.8) is 0 Å². The van der Waals surface area contributed by atoms with Gasteiger partial charge in [-0.3, -0.25) is 4.79 Å². The van der Waals surface area contributed by atoms with Crippen molar-refractivity contribution in [2.24, 2.45) is 17.8 Å². The fourth-order valence-electron chi connectivity index (χ4n) is 6.35. The number of rotatable bonds is 3. The third-order valence-electron chi connectivity index (χ3n) is 7.61. The molecule has 2 saturated carbocycles. The topological polar surface area (TPSA) is 41.1 Å². The minimum Gasteiger partial charge on any atom is -0.378 e. The molecule has 0 spiro atoms. The minimum absolute atomic E-state index is 0.153. The lowest BCUT2D eigenvalue weighted by Crippen LogP contribution is -2.35. The van der Waals surface area contributed by atoms with Crippen LogP contribution in [0.2, 0.25) is 0 Å². The van der Waals surface area contributed by atoms with Crippen molar-refractivity contribution in [3.05, 3.63) is 95.3 Å². The first-order valence-electron chi connectivity index (χ1n) is 11.2. The average molecular weight is 413 g/mol. The Morgan fingerprint density at radius 1 is 0.935 bits per heavy atom. The highest BCUT2D eigenvalue weighted by molar-refractivity contribution is 6.04. The van der Waals surface area contributed by atoms with Gasteiger partial charge in [-0.2, -0.15) is 0 Å². The van der Waals surface area contributed by atoms with Crippen LogP contribution in [0.5, 0.6) is 0 Å². The summed E-state index contributed by atoms with van der Waals surface area (Å²) in [6.07, 6.45) is 3.90. The van der Waals surface area contributed by atoms with Crippen molar-refractivity contribution in [3.8, 4) is 0 Å². The quantitative estimate of drug-likeness (QED) is 0.524. The van der Waals surface area contributed by atoms with E-state index in [-0.39, 0.29) is 11.7 Å². The van der Waals surface area contributed by atoms with Crippen LogP contribution < -0.4 is 10.6 Å². The summed E-state index contributed by atoms with van der Waals surface area (Å²) < 4.78 is 13.2. The molecule has 3 nitrogen and oxygen atoms in total. The molecule has 2 aliphatic carbocycles. The summed E-state index contributed by atoms with van der Waals surface area (Å²) in [7, 11) is 0. The van der Waals surface area contributed by atoms with E-state index in [1.807, 2.05) is 6.07 Å². The predicted molar refractivity (Wildman–Crippen MR) is 121 cm³/mol. The second-order valence-corrected chi connectivity index (χ2v) is 9.23. The Bertz CT molecular complexity index is 1130. The number of carbonyl (C=O) groups excluding carboxylic acids is 1. The molecule has 4 heteroatoms. The summed E-state index contributed by atoms with van der Waals surface area (Å²) in [5.74, 6) is 2.06. The Morgan fingerprint density at radius 3 is 2.52 bits per heavy atom. The summed E-state index contributed by atoms with van der Waals surface area (Å²) >= 11 is 0. The normalized spacial score (nSPS) is 27.8. The molecule has 2 fully saturated rings. The van der Waals surface area contributed by atoms with E-state index in [0.29, 0.717) is 35.0 Å². The number of benzene rings is 3. The van der Waals surface area contributed by atoms with Crippen LogP contribution in [0.25, 0.3) is 0 Å². The summed E-state index contributed by atoms with van der Waals surface area (Å²) in [6.45, 7) is 0. The van der Waals surface area contributed by atoms with Crippen molar-refractivity contribution in [1.29, 1.82) is 0 Å². The molecule has 156 valence electrons. The zero-order valence-electron chi connectivity index (χ0n) is 17.2. The first-order valence-corrected chi connectivity index (χ1v) is 11.2. The average Bonchev–Trinajstić information content (AvgIpc) is 3.43. The van der Waals surface area contributed by atoms with Crippen LogP contribution in [0, 0.1) is 23.6 Å². The van der Waals surface area contributed by atoms with Crippen molar-refractivity contribution in [2.75, 3.05) is 10.6 Å². The SMILES string of the molecule is O=C(Nc1ccc(F)cc1)c1ccc2c(c1)[C@H]1[C@H]3CC[C@H](C3)[C@H]1[C@H](c1ccccc1)N2. The van der Waals surface area contributed by atoms with E-state index in [1.54, 1.807) is 12.1 Å². The molecule has 0 aromatic heterocycles. The van der Waals surface area contributed by atoms with Gasteiger partial charge >= 0.3 is 0 Å². The number of hydrogen-bond acceptors (Lipinski definition) is 2. The lowest BCUT2D eigenvalue weighted by Gasteiger charge is -2.43. The standard InChI is InChI=1S/C27H25FN2O/c28-20-9-11-21(12-10-20)29-27(31)19-8-13-23-22(15-19)24-17-6-7-18(14-17)25(24)26(30-23)16-4-2-1-3-5-16/h1-5,8-13,15,17-18,24-26,30H,6-7,14H2,(H,29,31)/t17-,18+,24+,25+,26-/m0/s1. The molecule has 2 bridgehead atoms. The number of anilines is 2. The maximum Gasteiger partial charge on any atom is 0.255 e. The highest BCUT2D eigenvalue weighted by atomic mass is 19.1. The molecule has 3 aromatic carbocycles. The van der Waals surface area contributed by atoms with Crippen LogP contribution in [-0.2, 0) is 0 Å². The molecule has 1 heterocycles. The molecular weight excluding hydrogens is 387 g/mol. The van der Waals surface area contributed by atoms with E-state index in [0.717, 1.165) is 11.6 Å². The molecule has 6 rings (SSSR count). The molecule has 3 aromatic rings. The Balaban J connectivity index is 1.34. The van der Waals surface area contributed by atoms with Crippen LogP contribution in [-0.4, -0.2) is 5.91 Å². The molecule has 1 aliphatic heterocycles. The number of nitrogens with one attached hydrogen (secondary N) is 2. The van der Waals surface area contributed by atoms with Gasteiger partial charge in [-0.25, -0.2) is 4.39 Å². The summed E-state index contributed by atoms with van der Waals surface area (Å²) in [6, 6.07) is 23.0. The lowest BCUT2D eigenvalue weighted by molar-refractivity contribution is 0.102. The highest BCUT2D eigenvalue weighted by Crippen LogP contribution is 2.63. The maximum absolute atomic E-state index is 13.2. The van der Waals surface area contributed by atoms with Crippen LogP contribution in [0.3, 0.4) is 0 Å². The van der Waals surface area contributed by atoms with Gasteiger partial charge < -0.3 is 10.6 Å². The Hall–Kier alpha value is -3.14. The van der Waals surface area contributed by atoms with Crippen LogP contribution >= 0.6 is 0 Å². The van der Waals surface area contributed by atoms with Gasteiger partial charge in [0.05, 0.1) is 6.04 Å². The number of fused-ring (bicyclic) bond motifs is 7. The lowest BCUT2D eigenvalue weighted by atomic mass is 9.68. The molecule has 31 heavy (non-hydrogen) atoms. The number of amides is 1. The first kappa shape index (κ1) is 18.6. The molecule has 0 radical (unpaired) electrons. The van der Waals surface area contributed by atoms with Gasteiger partial charge in [0.2, 0.25) is 0 Å². The molecular formula is C27H25FN2O. The number of halogens is 1. The molecule has 0 saturated heterocycles. The Labute approximate surface area is 181 Å². The van der Waals surface area contributed by atoms with Crippen molar-refractivity contribution in [1.82, 2.24) is 0 Å². The zero-order valence-corrected chi connectivity index (χ0v) is 17.2. The van der Waals surface area contributed by atoms with Gasteiger partial charge in [0.25, 0.3) is 5.91 Å². The van der Waals surface area contributed by atoms with E-state index in [2.05, 4.69) is 53.1 Å². The molecule has 5 atom stereocenters. The van der Waals surface area contributed by atoms with Crippen molar-refractivity contribution in [2.45, 2.75) is 31.2 Å². The summed E-state index contributed by atoms with van der Waals surface area (Å²) in [5, 5.41) is 6.71. The second kappa shape index (κ2) is 7.23. The van der Waals surface area contributed by atoms with Gasteiger partial charge in [-0.1, -0.05) is 30.3 Å². The fourth-order valence-corrected chi connectivity index (χ4v) is 6.35. The molecule has 2 N–H and O–H groups in total. The monoisotopic (exact) mass is 412 g/mol. The van der Waals surface area contributed by atoms with Crippen LogP contribution in [0.1, 0.15) is 52.7 Å². The number of carbonyl (C=O) groups is 1. The second-order valence-electron chi connectivity index (χ2n) is 9.23. The van der Waals surface area contributed by atoms with Gasteiger partial charge in [0, 0.05) is 16.9 Å². The highest BCUT2D eigenvalue weighted by Gasteiger charge is 2.53. The van der Waals surface area contributed by atoms with E-state index >= 15 is 0 Å². The van der Waals surface area contributed by atoms with Crippen molar-refractivity contribution < 1.29 is 9.18 Å². The maximum atomic E-state index is 13.2. The summed E-state index contributed by atoms with van der Waals surface area (Å²) in [5.41, 5.74) is 5.06. The molecule has 0 unspecified atom stereocenters. The summed E-state index contributed by atoms with van der Waals surface area (Å²) in [4.78, 5) is 12.9. The van der Waals surface area contributed by atoms with Crippen molar-refractivity contribution >= 4 is 17.3 Å². The Kier molecular flexibility index (Phi) is 4.34. The number of hydrogen-bond donors (Lipinski definition) is 2. The van der Waals surface area contributed by atoms with E-state index in [1.165, 1.54) is 42.5 Å². The predicted octanol–water partition coefficient (Wildman–Crippen LogP) is 6.37. The third kappa shape index (κ3) is 3.13. The van der Waals surface area contributed by atoms with E-state index in [9.17, 15) is 9.18 Å². The van der Waals surface area contributed by atoms with Gasteiger partial charge in [0.15, 0.2) is 0 Å². The fraction of sp³-hybridized carbons (Fsp3) is 0.296.